The molecule has 1 heterocycles. The van der Waals surface area contributed by atoms with Crippen LogP contribution in [0.5, 0.6) is 5.75 Å². The molecule has 1 N–H and O–H groups in total. The zero-order valence-corrected chi connectivity index (χ0v) is 18.5. The molecule has 33 heavy (non-hydrogen) atoms. The Balaban J connectivity index is 1.78. The second-order valence-electron chi connectivity index (χ2n) is 8.09. The van der Waals surface area contributed by atoms with Gasteiger partial charge in [-0.3, -0.25) is 19.4 Å². The van der Waals surface area contributed by atoms with E-state index in [4.69, 9.17) is 0 Å². The molecule has 1 fully saturated rings. The topological polar surface area (TPSA) is 77.9 Å². The third-order valence-corrected chi connectivity index (χ3v) is 5.65. The molecule has 0 atom stereocenters. The summed E-state index contributed by atoms with van der Waals surface area (Å²) >= 11 is 0. The zero-order valence-electron chi connectivity index (χ0n) is 18.5. The molecule has 6 nitrogen and oxygen atoms in total. The fraction of sp³-hybridized carbons (Fsp3) is 0.148. The Labute approximate surface area is 192 Å². The van der Waals surface area contributed by atoms with Crippen LogP contribution >= 0.6 is 0 Å². The van der Waals surface area contributed by atoms with Crippen molar-refractivity contribution < 1.29 is 19.5 Å². The van der Waals surface area contributed by atoms with Crippen molar-refractivity contribution in [2.75, 3.05) is 0 Å². The van der Waals surface area contributed by atoms with Crippen LogP contribution in [0.2, 0.25) is 0 Å². The highest BCUT2D eigenvalue weighted by Crippen LogP contribution is 2.27. The number of aromatic hydroxyl groups is 1. The molecule has 0 bridgehead atoms. The number of amides is 4. The lowest BCUT2D eigenvalue weighted by molar-refractivity contribution is -0.136. The molecule has 0 saturated carbocycles. The van der Waals surface area contributed by atoms with E-state index < -0.39 is 17.8 Å². The molecule has 6 heteroatoms. The summed E-state index contributed by atoms with van der Waals surface area (Å²) in [6, 6.07) is 20.9. The van der Waals surface area contributed by atoms with Gasteiger partial charge in [-0.15, -0.1) is 0 Å². The lowest BCUT2D eigenvalue weighted by Gasteiger charge is -2.34. The Morgan fingerprint density at radius 3 is 1.58 bits per heavy atom. The van der Waals surface area contributed by atoms with Gasteiger partial charge in [0.2, 0.25) is 0 Å². The summed E-state index contributed by atoms with van der Waals surface area (Å²) in [5.41, 5.74) is 3.59. The predicted molar refractivity (Wildman–Crippen MR) is 125 cm³/mol. The molecule has 166 valence electrons. The quantitative estimate of drug-likeness (QED) is 0.465. The van der Waals surface area contributed by atoms with Gasteiger partial charge in [0.1, 0.15) is 11.3 Å². The van der Waals surface area contributed by atoms with Crippen LogP contribution in [0, 0.1) is 13.8 Å². The van der Waals surface area contributed by atoms with Crippen molar-refractivity contribution in [1.82, 2.24) is 9.80 Å². The Kier molecular flexibility index (Phi) is 6.09. The van der Waals surface area contributed by atoms with Crippen molar-refractivity contribution >= 4 is 23.9 Å². The van der Waals surface area contributed by atoms with Gasteiger partial charge >= 0.3 is 6.03 Å². The van der Waals surface area contributed by atoms with E-state index in [9.17, 15) is 19.5 Å². The number of phenolic OH excluding ortho intramolecular Hbond substituents is 1. The highest BCUT2D eigenvalue weighted by atomic mass is 16.3. The number of aryl methyl sites for hydroxylation is 2. The molecule has 0 aliphatic carbocycles. The van der Waals surface area contributed by atoms with Gasteiger partial charge in [-0.05, 0) is 59.9 Å². The normalized spacial score (nSPS) is 14.1. The van der Waals surface area contributed by atoms with Crippen molar-refractivity contribution in [2.45, 2.75) is 26.9 Å². The van der Waals surface area contributed by atoms with Crippen molar-refractivity contribution in [3.05, 3.63) is 106 Å². The molecule has 0 unspecified atom stereocenters. The standard InChI is InChI=1S/C27H24N2O4/c1-18-13-22(30)14-19(2)23(18)15-24-25(31)28(16-20-9-5-3-6-10-20)27(33)29(26(24)32)17-21-11-7-4-8-12-21/h3-15,30H,16-17H2,1-2H3. The summed E-state index contributed by atoms with van der Waals surface area (Å²) in [5, 5.41) is 9.86. The summed E-state index contributed by atoms with van der Waals surface area (Å²) in [5.74, 6) is -1.16. The van der Waals surface area contributed by atoms with Gasteiger partial charge in [0.05, 0.1) is 13.1 Å². The first-order chi connectivity index (χ1) is 15.8. The number of rotatable bonds is 5. The fourth-order valence-electron chi connectivity index (χ4n) is 3.96. The van der Waals surface area contributed by atoms with E-state index in [2.05, 4.69) is 0 Å². The Morgan fingerprint density at radius 2 is 1.15 bits per heavy atom. The number of hydrogen-bond acceptors (Lipinski definition) is 4. The van der Waals surface area contributed by atoms with E-state index in [0.717, 1.165) is 32.1 Å². The van der Waals surface area contributed by atoms with Crippen LogP contribution in [0.3, 0.4) is 0 Å². The van der Waals surface area contributed by atoms with E-state index in [1.807, 2.05) is 60.7 Å². The van der Waals surface area contributed by atoms with Crippen LogP contribution in [-0.4, -0.2) is 32.8 Å². The van der Waals surface area contributed by atoms with Crippen LogP contribution in [-0.2, 0) is 22.7 Å². The second-order valence-corrected chi connectivity index (χ2v) is 8.09. The zero-order chi connectivity index (χ0) is 23.5. The number of nitrogens with zero attached hydrogens (tertiary/aromatic N) is 2. The number of imide groups is 2. The lowest BCUT2D eigenvalue weighted by Crippen LogP contribution is -2.55. The molecule has 0 spiro atoms. The molecule has 1 aliphatic heterocycles. The van der Waals surface area contributed by atoms with Crippen LogP contribution < -0.4 is 0 Å². The van der Waals surface area contributed by atoms with Gasteiger partial charge in [-0.1, -0.05) is 60.7 Å². The molecule has 1 saturated heterocycles. The first kappa shape index (κ1) is 22.0. The summed E-state index contributed by atoms with van der Waals surface area (Å²) in [7, 11) is 0. The summed E-state index contributed by atoms with van der Waals surface area (Å²) < 4.78 is 0. The number of hydrogen-bond donors (Lipinski definition) is 1. The molecule has 3 aromatic carbocycles. The van der Waals surface area contributed by atoms with Crippen LogP contribution in [0.25, 0.3) is 6.08 Å². The van der Waals surface area contributed by atoms with Crippen molar-refractivity contribution in [3.63, 3.8) is 0 Å². The molecule has 1 aliphatic rings. The second kappa shape index (κ2) is 9.12. The van der Waals surface area contributed by atoms with Crippen LogP contribution in [0.15, 0.2) is 78.4 Å². The third-order valence-electron chi connectivity index (χ3n) is 5.65. The highest BCUT2D eigenvalue weighted by molar-refractivity contribution is 6.30. The summed E-state index contributed by atoms with van der Waals surface area (Å²) in [4.78, 5) is 42.3. The Bertz CT molecular complexity index is 1160. The first-order valence-electron chi connectivity index (χ1n) is 10.6. The number of phenols is 1. The van der Waals surface area contributed by atoms with Crippen LogP contribution in [0.4, 0.5) is 4.79 Å². The number of urea groups is 1. The largest absolute Gasteiger partial charge is 0.508 e. The van der Waals surface area contributed by atoms with Gasteiger partial charge in [-0.25, -0.2) is 4.79 Å². The smallest absolute Gasteiger partial charge is 0.334 e. The number of benzene rings is 3. The van der Waals surface area contributed by atoms with Crippen molar-refractivity contribution in [1.29, 1.82) is 0 Å². The molecular formula is C27H24N2O4. The molecule has 3 aromatic rings. The van der Waals surface area contributed by atoms with Crippen molar-refractivity contribution in [2.24, 2.45) is 0 Å². The van der Waals surface area contributed by atoms with Crippen molar-refractivity contribution in [3.8, 4) is 5.75 Å². The highest BCUT2D eigenvalue weighted by Gasteiger charge is 2.42. The number of carbonyl (C=O) groups excluding carboxylic acids is 3. The lowest BCUT2D eigenvalue weighted by atomic mass is 9.98. The molecule has 0 aromatic heterocycles. The van der Waals surface area contributed by atoms with Gasteiger partial charge in [0.25, 0.3) is 11.8 Å². The third kappa shape index (κ3) is 4.55. The van der Waals surface area contributed by atoms with Gasteiger partial charge in [-0.2, -0.15) is 0 Å². The summed E-state index contributed by atoms with van der Waals surface area (Å²) in [6.45, 7) is 3.71. The monoisotopic (exact) mass is 440 g/mol. The average molecular weight is 440 g/mol. The maximum Gasteiger partial charge on any atom is 0.334 e. The Morgan fingerprint density at radius 1 is 0.727 bits per heavy atom. The fourth-order valence-corrected chi connectivity index (χ4v) is 3.96. The SMILES string of the molecule is Cc1cc(O)cc(C)c1C=C1C(=O)N(Cc2ccccc2)C(=O)N(Cc2ccccc2)C1=O. The molecular weight excluding hydrogens is 416 g/mol. The first-order valence-corrected chi connectivity index (χ1v) is 10.6. The maximum absolute atomic E-state index is 13.4. The van der Waals surface area contributed by atoms with E-state index in [1.54, 1.807) is 26.0 Å². The van der Waals surface area contributed by atoms with Gasteiger partial charge < -0.3 is 5.11 Å². The van der Waals surface area contributed by atoms with E-state index >= 15 is 0 Å². The van der Waals surface area contributed by atoms with Gasteiger partial charge in [0.15, 0.2) is 0 Å². The van der Waals surface area contributed by atoms with E-state index in [1.165, 1.54) is 6.08 Å². The van der Waals surface area contributed by atoms with E-state index in [0.29, 0.717) is 5.56 Å². The average Bonchev–Trinajstić information content (AvgIpc) is 2.80. The molecule has 4 amide bonds. The minimum atomic E-state index is -0.644. The number of barbiturate groups is 1. The predicted octanol–water partition coefficient (Wildman–Crippen LogP) is 4.58. The minimum absolute atomic E-state index is 0.0575. The molecule has 0 radical (unpaired) electrons. The van der Waals surface area contributed by atoms with Gasteiger partial charge in [0, 0.05) is 0 Å². The Hall–Kier alpha value is -4.19. The maximum atomic E-state index is 13.4. The molecule has 4 rings (SSSR count). The van der Waals surface area contributed by atoms with E-state index in [-0.39, 0.29) is 24.4 Å². The summed E-state index contributed by atoms with van der Waals surface area (Å²) in [6.07, 6.45) is 1.52. The number of carbonyl (C=O) groups is 3. The van der Waals surface area contributed by atoms with Crippen LogP contribution in [0.1, 0.15) is 27.8 Å². The minimum Gasteiger partial charge on any atom is -0.508 e.